The number of sulfone groups is 1. The summed E-state index contributed by atoms with van der Waals surface area (Å²) in [5.41, 5.74) is 0.863. The van der Waals surface area contributed by atoms with Crippen molar-refractivity contribution in [3.05, 3.63) is 77.1 Å². The van der Waals surface area contributed by atoms with Gasteiger partial charge >= 0.3 is 5.69 Å². The highest BCUT2D eigenvalue weighted by Crippen LogP contribution is 2.32. The number of aryl methyl sites for hydroxylation is 2. The Hall–Kier alpha value is -3.59. The monoisotopic (exact) mass is 439 g/mol. The zero-order valence-electron chi connectivity index (χ0n) is 17.0. The van der Waals surface area contributed by atoms with Crippen LogP contribution in [0.25, 0.3) is 11.0 Å². The van der Waals surface area contributed by atoms with Crippen molar-refractivity contribution in [2.24, 2.45) is 0 Å². The second-order valence-electron chi connectivity index (χ2n) is 6.86. The van der Waals surface area contributed by atoms with Gasteiger partial charge in [0.15, 0.2) is 5.76 Å². The molecule has 31 heavy (non-hydrogen) atoms. The summed E-state index contributed by atoms with van der Waals surface area (Å²) in [7, 11) is -3.98. The number of hydrogen-bond acceptors (Lipinski definition) is 5. The van der Waals surface area contributed by atoms with Gasteiger partial charge in [-0.15, -0.1) is 0 Å². The summed E-state index contributed by atoms with van der Waals surface area (Å²) in [6.45, 7) is 4.43. The van der Waals surface area contributed by atoms with Gasteiger partial charge in [0.2, 0.25) is 9.84 Å². The second-order valence-corrected chi connectivity index (χ2v) is 8.77. The number of benzene rings is 2. The standard InChI is InChI=1S/C22H21N3O5S/c1-3-24-17-13-16(23-21(26)19-11-8-12-30-19)20(14-18(17)25(4-2)22(24)27)31(28,29)15-9-6-5-7-10-15/h5-14H,3-4H2,1-2H3,(H,23,26). The lowest BCUT2D eigenvalue weighted by Gasteiger charge is -2.13. The molecule has 2 aromatic heterocycles. The molecule has 0 aliphatic carbocycles. The minimum Gasteiger partial charge on any atom is -0.459 e. The molecule has 0 fully saturated rings. The maximum absolute atomic E-state index is 13.5. The maximum Gasteiger partial charge on any atom is 0.329 e. The summed E-state index contributed by atoms with van der Waals surface area (Å²) < 4.78 is 35.1. The highest BCUT2D eigenvalue weighted by molar-refractivity contribution is 7.91. The van der Waals surface area contributed by atoms with Crippen LogP contribution in [0.2, 0.25) is 0 Å². The lowest BCUT2D eigenvalue weighted by Crippen LogP contribution is -2.23. The van der Waals surface area contributed by atoms with Crippen LogP contribution < -0.4 is 11.0 Å². The van der Waals surface area contributed by atoms with E-state index in [-0.39, 0.29) is 26.9 Å². The van der Waals surface area contributed by atoms with E-state index in [1.807, 2.05) is 13.8 Å². The molecule has 0 atom stereocenters. The van der Waals surface area contributed by atoms with Crippen molar-refractivity contribution in [3.63, 3.8) is 0 Å². The summed E-state index contributed by atoms with van der Waals surface area (Å²) in [6.07, 6.45) is 1.36. The van der Waals surface area contributed by atoms with Crippen LogP contribution in [0.1, 0.15) is 24.4 Å². The number of fused-ring (bicyclic) bond motifs is 1. The Labute approximate surface area is 178 Å². The molecule has 160 valence electrons. The smallest absolute Gasteiger partial charge is 0.329 e. The largest absolute Gasteiger partial charge is 0.459 e. The van der Waals surface area contributed by atoms with E-state index in [1.54, 1.807) is 28.8 Å². The first-order valence-electron chi connectivity index (χ1n) is 9.80. The zero-order valence-corrected chi connectivity index (χ0v) is 17.8. The summed E-state index contributed by atoms with van der Waals surface area (Å²) in [5, 5.41) is 2.64. The number of hydrogen-bond donors (Lipinski definition) is 1. The van der Waals surface area contributed by atoms with E-state index in [4.69, 9.17) is 4.42 Å². The van der Waals surface area contributed by atoms with E-state index >= 15 is 0 Å². The van der Waals surface area contributed by atoms with Gasteiger partial charge in [-0.25, -0.2) is 13.2 Å². The number of anilines is 1. The van der Waals surface area contributed by atoms with Crippen molar-refractivity contribution in [2.45, 2.75) is 36.7 Å². The number of amides is 1. The van der Waals surface area contributed by atoms with Crippen molar-refractivity contribution < 1.29 is 17.6 Å². The molecule has 4 aromatic rings. The van der Waals surface area contributed by atoms with Crippen molar-refractivity contribution in [2.75, 3.05) is 5.32 Å². The third-order valence-electron chi connectivity index (χ3n) is 5.09. The minimum atomic E-state index is -3.98. The summed E-state index contributed by atoms with van der Waals surface area (Å²) in [4.78, 5) is 25.4. The molecule has 0 radical (unpaired) electrons. The maximum atomic E-state index is 13.5. The number of nitrogens with zero attached hydrogens (tertiary/aromatic N) is 2. The van der Waals surface area contributed by atoms with E-state index in [2.05, 4.69) is 5.32 Å². The number of nitrogens with one attached hydrogen (secondary N) is 1. The van der Waals surface area contributed by atoms with Gasteiger partial charge < -0.3 is 9.73 Å². The molecule has 0 spiro atoms. The molecule has 1 amide bonds. The highest BCUT2D eigenvalue weighted by Gasteiger charge is 2.26. The Balaban J connectivity index is 2.00. The van der Waals surface area contributed by atoms with Crippen LogP contribution in [-0.4, -0.2) is 23.5 Å². The Morgan fingerprint density at radius 1 is 0.968 bits per heavy atom. The Bertz CT molecular complexity index is 1420. The van der Waals surface area contributed by atoms with Gasteiger partial charge in [0.1, 0.15) is 0 Å². The van der Waals surface area contributed by atoms with E-state index < -0.39 is 15.7 Å². The molecule has 0 saturated carbocycles. The third-order valence-corrected chi connectivity index (χ3v) is 6.90. The SMILES string of the molecule is CCn1c(=O)n(CC)c2cc(S(=O)(=O)c3ccccc3)c(NC(=O)c3ccco3)cc21. The molecule has 1 N–H and O–H groups in total. The predicted octanol–water partition coefficient (Wildman–Crippen LogP) is 3.52. The van der Waals surface area contributed by atoms with E-state index in [0.717, 1.165) is 0 Å². The Morgan fingerprint density at radius 2 is 1.61 bits per heavy atom. The molecule has 0 bridgehead atoms. The topological polar surface area (TPSA) is 103 Å². The molecule has 8 nitrogen and oxygen atoms in total. The van der Waals surface area contributed by atoms with Crippen molar-refractivity contribution >= 4 is 32.5 Å². The minimum absolute atomic E-state index is 0.0437. The molecule has 0 aliphatic rings. The zero-order chi connectivity index (χ0) is 22.2. The Morgan fingerprint density at radius 3 is 2.19 bits per heavy atom. The number of furan rings is 1. The van der Waals surface area contributed by atoms with Gasteiger partial charge in [0.25, 0.3) is 5.91 Å². The summed E-state index contributed by atoms with van der Waals surface area (Å²) in [6, 6.07) is 14.0. The molecule has 2 heterocycles. The van der Waals surface area contributed by atoms with Gasteiger partial charge in [-0.3, -0.25) is 13.9 Å². The van der Waals surface area contributed by atoms with Gasteiger partial charge in [-0.1, -0.05) is 18.2 Å². The predicted molar refractivity (Wildman–Crippen MR) is 116 cm³/mol. The van der Waals surface area contributed by atoms with Crippen molar-refractivity contribution in [1.29, 1.82) is 0 Å². The normalized spacial score (nSPS) is 11.7. The van der Waals surface area contributed by atoms with Gasteiger partial charge in [-0.05, 0) is 50.2 Å². The van der Waals surface area contributed by atoms with Crippen LogP contribution >= 0.6 is 0 Å². The van der Waals surface area contributed by atoms with E-state index in [9.17, 15) is 18.0 Å². The Kier molecular flexibility index (Phi) is 5.28. The third kappa shape index (κ3) is 3.46. The number of imidazole rings is 1. The number of aromatic nitrogens is 2. The fourth-order valence-corrected chi connectivity index (χ4v) is 5.03. The lowest BCUT2D eigenvalue weighted by molar-refractivity contribution is 0.0996. The second kappa shape index (κ2) is 7.92. The summed E-state index contributed by atoms with van der Waals surface area (Å²) in [5.74, 6) is -0.545. The average molecular weight is 439 g/mol. The van der Waals surface area contributed by atoms with E-state index in [1.165, 1.54) is 41.2 Å². The van der Waals surface area contributed by atoms with Crippen LogP contribution in [0.4, 0.5) is 5.69 Å². The summed E-state index contributed by atoms with van der Waals surface area (Å²) >= 11 is 0. The van der Waals surface area contributed by atoms with Crippen LogP contribution in [0.3, 0.4) is 0 Å². The van der Waals surface area contributed by atoms with Gasteiger partial charge in [-0.2, -0.15) is 0 Å². The van der Waals surface area contributed by atoms with Crippen LogP contribution in [0.5, 0.6) is 0 Å². The van der Waals surface area contributed by atoms with Gasteiger partial charge in [0.05, 0.1) is 32.8 Å². The first-order chi connectivity index (χ1) is 14.9. The number of rotatable bonds is 6. The van der Waals surface area contributed by atoms with Crippen LogP contribution in [-0.2, 0) is 22.9 Å². The molecule has 0 saturated heterocycles. The average Bonchev–Trinajstić information content (AvgIpc) is 3.39. The first kappa shape index (κ1) is 20.7. The van der Waals surface area contributed by atoms with Crippen molar-refractivity contribution in [1.82, 2.24) is 9.13 Å². The quantitative estimate of drug-likeness (QED) is 0.495. The van der Waals surface area contributed by atoms with Crippen molar-refractivity contribution in [3.8, 4) is 0 Å². The highest BCUT2D eigenvalue weighted by atomic mass is 32.2. The number of carbonyl (C=O) groups excluding carboxylic acids is 1. The fraction of sp³-hybridized carbons (Fsp3) is 0.182. The fourth-order valence-electron chi connectivity index (χ4n) is 3.59. The lowest BCUT2D eigenvalue weighted by atomic mass is 10.2. The molecule has 0 aliphatic heterocycles. The molecule has 9 heteroatoms. The van der Waals surface area contributed by atoms with Crippen LogP contribution in [0.15, 0.2) is 79.9 Å². The molecular formula is C22H21N3O5S. The van der Waals surface area contributed by atoms with Crippen LogP contribution in [0, 0.1) is 0 Å². The van der Waals surface area contributed by atoms with E-state index in [0.29, 0.717) is 24.1 Å². The molecule has 2 aromatic carbocycles. The molecular weight excluding hydrogens is 418 g/mol. The first-order valence-corrected chi connectivity index (χ1v) is 11.3. The van der Waals surface area contributed by atoms with Gasteiger partial charge in [0, 0.05) is 13.1 Å². The molecule has 4 rings (SSSR count). The molecule has 0 unspecified atom stereocenters. The number of carbonyl (C=O) groups is 1.